The summed E-state index contributed by atoms with van der Waals surface area (Å²) < 4.78 is 0. The summed E-state index contributed by atoms with van der Waals surface area (Å²) in [5.74, 6) is 0.348. The fourth-order valence-corrected chi connectivity index (χ4v) is 2.66. The van der Waals surface area contributed by atoms with Crippen molar-refractivity contribution in [3.63, 3.8) is 0 Å². The van der Waals surface area contributed by atoms with E-state index in [-0.39, 0.29) is 30.3 Å². The largest absolute Gasteiger partial charge is 0.353 e. The van der Waals surface area contributed by atoms with E-state index in [4.69, 9.17) is 0 Å². The topological polar surface area (TPSA) is 41.1 Å². The summed E-state index contributed by atoms with van der Waals surface area (Å²) in [6, 6.07) is 8.56. The summed E-state index contributed by atoms with van der Waals surface area (Å²) in [5.41, 5.74) is 2.61. The van der Waals surface area contributed by atoms with E-state index < -0.39 is 0 Å². The average molecular weight is 297 g/mol. The molecule has 1 amide bonds. The van der Waals surface area contributed by atoms with Gasteiger partial charge in [0, 0.05) is 12.6 Å². The van der Waals surface area contributed by atoms with E-state index in [0.29, 0.717) is 0 Å². The normalized spacial score (nSPS) is 19.8. The maximum Gasteiger partial charge on any atom is 0.224 e. The monoisotopic (exact) mass is 296 g/mol. The molecule has 0 spiro atoms. The van der Waals surface area contributed by atoms with Gasteiger partial charge in [-0.25, -0.2) is 0 Å². The lowest BCUT2D eigenvalue weighted by atomic mass is 9.97. The second-order valence-corrected chi connectivity index (χ2v) is 5.58. The number of hydrogen-bond donors (Lipinski definition) is 2. The molecule has 1 heterocycles. The van der Waals surface area contributed by atoms with Gasteiger partial charge in [0.1, 0.15) is 0 Å². The van der Waals surface area contributed by atoms with Gasteiger partial charge in [0.2, 0.25) is 5.91 Å². The zero-order valence-corrected chi connectivity index (χ0v) is 13.1. The molecule has 1 saturated heterocycles. The van der Waals surface area contributed by atoms with Gasteiger partial charge < -0.3 is 10.6 Å². The number of carbonyl (C=O) groups is 1. The lowest BCUT2D eigenvalue weighted by molar-refractivity contribution is -0.126. The molecular weight excluding hydrogens is 272 g/mol. The first-order valence-electron chi connectivity index (χ1n) is 7.22. The van der Waals surface area contributed by atoms with Crippen LogP contribution in [-0.2, 0) is 11.2 Å². The minimum Gasteiger partial charge on any atom is -0.353 e. The molecule has 2 unspecified atom stereocenters. The second-order valence-electron chi connectivity index (χ2n) is 5.58. The highest BCUT2D eigenvalue weighted by molar-refractivity contribution is 5.85. The van der Waals surface area contributed by atoms with Crippen LogP contribution in [0.1, 0.15) is 30.9 Å². The molecular formula is C16H25ClN2O. The van der Waals surface area contributed by atoms with Crippen molar-refractivity contribution in [1.29, 1.82) is 0 Å². The SMILES string of the molecule is Cc1ccccc1CC(C)NC(=O)C1CCCNC1.Cl. The summed E-state index contributed by atoms with van der Waals surface area (Å²) in [6.07, 6.45) is 3.01. The maximum absolute atomic E-state index is 12.1. The average Bonchev–Trinajstić information content (AvgIpc) is 2.42. The standard InChI is InChI=1S/C16H24N2O.ClH/c1-12-6-3-4-7-14(12)10-13(2)18-16(19)15-8-5-9-17-11-15;/h3-4,6-7,13,15,17H,5,8-11H2,1-2H3,(H,18,19);1H. The smallest absolute Gasteiger partial charge is 0.224 e. The quantitative estimate of drug-likeness (QED) is 0.896. The number of amides is 1. The third kappa shape index (κ3) is 4.80. The Morgan fingerprint density at radius 2 is 2.20 bits per heavy atom. The Morgan fingerprint density at radius 1 is 1.45 bits per heavy atom. The molecule has 4 heteroatoms. The summed E-state index contributed by atoms with van der Waals surface area (Å²) in [6.45, 7) is 6.07. The summed E-state index contributed by atoms with van der Waals surface area (Å²) in [5, 5.41) is 6.43. The van der Waals surface area contributed by atoms with Gasteiger partial charge in [-0.15, -0.1) is 12.4 Å². The van der Waals surface area contributed by atoms with E-state index in [0.717, 1.165) is 32.4 Å². The molecule has 1 fully saturated rings. The molecule has 0 aliphatic carbocycles. The zero-order valence-electron chi connectivity index (χ0n) is 12.3. The number of hydrogen-bond acceptors (Lipinski definition) is 2. The molecule has 0 bridgehead atoms. The molecule has 1 aromatic rings. The van der Waals surface area contributed by atoms with Crippen LogP contribution in [0.3, 0.4) is 0 Å². The van der Waals surface area contributed by atoms with Crippen molar-refractivity contribution in [1.82, 2.24) is 10.6 Å². The van der Waals surface area contributed by atoms with Crippen LogP contribution in [0.2, 0.25) is 0 Å². The van der Waals surface area contributed by atoms with Gasteiger partial charge in [0.05, 0.1) is 5.92 Å². The molecule has 0 aromatic heterocycles. The van der Waals surface area contributed by atoms with Gasteiger partial charge in [-0.3, -0.25) is 4.79 Å². The number of aryl methyl sites for hydroxylation is 1. The van der Waals surface area contributed by atoms with E-state index in [1.165, 1.54) is 11.1 Å². The number of carbonyl (C=O) groups excluding carboxylic acids is 1. The van der Waals surface area contributed by atoms with Crippen molar-refractivity contribution < 1.29 is 4.79 Å². The van der Waals surface area contributed by atoms with Crippen LogP contribution < -0.4 is 10.6 Å². The van der Waals surface area contributed by atoms with Crippen molar-refractivity contribution in [2.75, 3.05) is 13.1 Å². The van der Waals surface area contributed by atoms with Crippen molar-refractivity contribution in [2.45, 2.75) is 39.2 Å². The Morgan fingerprint density at radius 3 is 2.85 bits per heavy atom. The number of halogens is 1. The van der Waals surface area contributed by atoms with Crippen LogP contribution in [-0.4, -0.2) is 25.0 Å². The van der Waals surface area contributed by atoms with Crippen molar-refractivity contribution in [3.8, 4) is 0 Å². The van der Waals surface area contributed by atoms with Crippen LogP contribution in [0.4, 0.5) is 0 Å². The van der Waals surface area contributed by atoms with Gasteiger partial charge in [0.25, 0.3) is 0 Å². The molecule has 2 N–H and O–H groups in total. The zero-order chi connectivity index (χ0) is 13.7. The molecule has 1 aromatic carbocycles. The van der Waals surface area contributed by atoms with Crippen LogP contribution in [0.15, 0.2) is 24.3 Å². The summed E-state index contributed by atoms with van der Waals surface area (Å²) in [7, 11) is 0. The molecule has 0 radical (unpaired) electrons. The molecule has 3 nitrogen and oxygen atoms in total. The van der Waals surface area contributed by atoms with Crippen molar-refractivity contribution in [3.05, 3.63) is 35.4 Å². The van der Waals surface area contributed by atoms with Gasteiger partial charge >= 0.3 is 0 Å². The highest BCUT2D eigenvalue weighted by atomic mass is 35.5. The lowest BCUT2D eigenvalue weighted by Crippen LogP contribution is -2.44. The Labute approximate surface area is 127 Å². The Kier molecular flexibility index (Phi) is 7.03. The van der Waals surface area contributed by atoms with Crippen molar-refractivity contribution in [2.24, 2.45) is 5.92 Å². The maximum atomic E-state index is 12.1. The van der Waals surface area contributed by atoms with Gasteiger partial charge in [0.15, 0.2) is 0 Å². The summed E-state index contributed by atoms with van der Waals surface area (Å²) in [4.78, 5) is 12.1. The Bertz CT molecular complexity index is 430. The Balaban J connectivity index is 0.00000200. The van der Waals surface area contributed by atoms with E-state index in [2.05, 4.69) is 48.7 Å². The number of rotatable bonds is 4. The predicted molar refractivity (Wildman–Crippen MR) is 85.3 cm³/mol. The van der Waals surface area contributed by atoms with Gasteiger partial charge in [-0.1, -0.05) is 24.3 Å². The summed E-state index contributed by atoms with van der Waals surface area (Å²) >= 11 is 0. The van der Waals surface area contributed by atoms with Crippen LogP contribution in [0.25, 0.3) is 0 Å². The molecule has 1 aliphatic rings. The fourth-order valence-electron chi connectivity index (χ4n) is 2.66. The number of nitrogens with one attached hydrogen (secondary N) is 2. The van der Waals surface area contributed by atoms with E-state index >= 15 is 0 Å². The highest BCUT2D eigenvalue weighted by Gasteiger charge is 2.22. The lowest BCUT2D eigenvalue weighted by Gasteiger charge is -2.24. The van der Waals surface area contributed by atoms with Crippen LogP contribution in [0.5, 0.6) is 0 Å². The molecule has 2 rings (SSSR count). The first-order valence-corrected chi connectivity index (χ1v) is 7.22. The third-order valence-electron chi connectivity index (χ3n) is 3.84. The Hall–Kier alpha value is -1.06. The van der Waals surface area contributed by atoms with E-state index in [1.807, 2.05) is 0 Å². The first kappa shape index (κ1) is 17.0. The minimum absolute atomic E-state index is 0. The van der Waals surface area contributed by atoms with Gasteiger partial charge in [-0.05, 0) is 50.8 Å². The van der Waals surface area contributed by atoms with Gasteiger partial charge in [-0.2, -0.15) is 0 Å². The molecule has 0 saturated carbocycles. The highest BCUT2D eigenvalue weighted by Crippen LogP contribution is 2.12. The fraction of sp³-hybridized carbons (Fsp3) is 0.562. The molecule has 20 heavy (non-hydrogen) atoms. The molecule has 2 atom stereocenters. The minimum atomic E-state index is 0. The van der Waals surface area contributed by atoms with E-state index in [1.54, 1.807) is 0 Å². The predicted octanol–water partition coefficient (Wildman–Crippen LogP) is 2.46. The number of piperidine rings is 1. The molecule has 112 valence electrons. The van der Waals surface area contributed by atoms with E-state index in [9.17, 15) is 4.79 Å². The van der Waals surface area contributed by atoms with Crippen molar-refractivity contribution >= 4 is 18.3 Å². The third-order valence-corrected chi connectivity index (χ3v) is 3.84. The number of benzene rings is 1. The first-order chi connectivity index (χ1) is 9.16. The van der Waals surface area contributed by atoms with Crippen LogP contribution in [0, 0.1) is 12.8 Å². The molecule has 1 aliphatic heterocycles. The van der Waals surface area contributed by atoms with Crippen LogP contribution >= 0.6 is 12.4 Å². The second kappa shape index (κ2) is 8.28.